The van der Waals surface area contributed by atoms with E-state index in [0.717, 1.165) is 45.3 Å². The first-order valence-electron chi connectivity index (χ1n) is 6.48. The minimum atomic E-state index is -0.306. The Balaban J connectivity index is 1.99. The fraction of sp³-hybridized carbons (Fsp3) is 0.833. The molecule has 0 unspecified atom stereocenters. The van der Waals surface area contributed by atoms with Crippen molar-refractivity contribution in [3.8, 4) is 0 Å². The summed E-state index contributed by atoms with van der Waals surface area (Å²) in [5.41, 5.74) is 5.25. The molecule has 0 bridgehead atoms. The van der Waals surface area contributed by atoms with E-state index in [1.165, 1.54) is 0 Å². The fourth-order valence-corrected chi connectivity index (χ4v) is 2.84. The van der Waals surface area contributed by atoms with E-state index in [1.54, 1.807) is 0 Å². The van der Waals surface area contributed by atoms with Crippen molar-refractivity contribution < 1.29 is 9.59 Å². The van der Waals surface area contributed by atoms with Crippen LogP contribution in [-0.2, 0) is 9.59 Å². The minimum Gasteiger partial charge on any atom is -0.370 e. The van der Waals surface area contributed by atoms with Crippen molar-refractivity contribution in [2.24, 2.45) is 11.7 Å². The molecule has 0 spiro atoms. The molecule has 17 heavy (non-hydrogen) atoms. The lowest BCUT2D eigenvalue weighted by atomic mass is 9.96. The van der Waals surface area contributed by atoms with Gasteiger partial charge in [0.25, 0.3) is 0 Å². The van der Waals surface area contributed by atoms with E-state index >= 15 is 0 Å². The number of amides is 2. The van der Waals surface area contributed by atoms with Gasteiger partial charge in [-0.15, -0.1) is 0 Å². The van der Waals surface area contributed by atoms with Gasteiger partial charge in [-0.1, -0.05) is 0 Å². The Hall–Kier alpha value is -1.10. The number of hydrogen-bond donors (Lipinski definition) is 2. The molecule has 0 aromatic carbocycles. The normalized spacial score (nSPS) is 29.3. The molecule has 2 saturated heterocycles. The number of primary amides is 1. The summed E-state index contributed by atoms with van der Waals surface area (Å²) < 4.78 is 0. The third-order valence-electron chi connectivity index (χ3n) is 3.76. The Bertz CT molecular complexity index is 300. The summed E-state index contributed by atoms with van der Waals surface area (Å²) in [7, 11) is 0. The summed E-state index contributed by atoms with van der Waals surface area (Å²) in [5, 5.41) is 3.21. The number of likely N-dealkylation sites (tertiary alicyclic amines) is 1. The molecule has 96 valence electrons. The molecule has 5 heteroatoms. The zero-order valence-electron chi connectivity index (χ0n) is 10.2. The van der Waals surface area contributed by atoms with Gasteiger partial charge in [0.05, 0.1) is 5.92 Å². The van der Waals surface area contributed by atoms with E-state index in [-0.39, 0.29) is 23.8 Å². The maximum absolute atomic E-state index is 12.3. The third-order valence-corrected chi connectivity index (χ3v) is 3.76. The smallest absolute Gasteiger partial charge is 0.227 e. The second-order valence-corrected chi connectivity index (χ2v) is 5.04. The molecule has 2 heterocycles. The molecule has 2 aliphatic heterocycles. The van der Waals surface area contributed by atoms with E-state index in [4.69, 9.17) is 5.73 Å². The lowest BCUT2D eigenvalue weighted by Crippen LogP contribution is -2.48. The van der Waals surface area contributed by atoms with Crippen molar-refractivity contribution in [1.29, 1.82) is 0 Å². The van der Waals surface area contributed by atoms with Gasteiger partial charge in [0, 0.05) is 25.6 Å². The third kappa shape index (κ3) is 2.97. The SMILES string of the molecule is NC(=O)C[C@@H]1CCCCN1C(=O)[C@H]1CCNC1. The summed E-state index contributed by atoms with van der Waals surface area (Å²) in [6, 6.07) is 0.0364. The summed E-state index contributed by atoms with van der Waals surface area (Å²) in [6.45, 7) is 2.48. The van der Waals surface area contributed by atoms with E-state index in [0.29, 0.717) is 6.42 Å². The zero-order chi connectivity index (χ0) is 12.3. The molecule has 0 aromatic heterocycles. The quantitative estimate of drug-likeness (QED) is 0.719. The van der Waals surface area contributed by atoms with Crippen LogP contribution in [0.2, 0.25) is 0 Å². The van der Waals surface area contributed by atoms with Crippen LogP contribution in [0.3, 0.4) is 0 Å². The second-order valence-electron chi connectivity index (χ2n) is 5.04. The van der Waals surface area contributed by atoms with Crippen molar-refractivity contribution >= 4 is 11.8 Å². The van der Waals surface area contributed by atoms with Crippen LogP contribution >= 0.6 is 0 Å². The highest BCUT2D eigenvalue weighted by molar-refractivity contribution is 5.81. The van der Waals surface area contributed by atoms with E-state index in [9.17, 15) is 9.59 Å². The molecule has 0 radical (unpaired) electrons. The summed E-state index contributed by atoms with van der Waals surface area (Å²) in [6.07, 6.45) is 4.27. The van der Waals surface area contributed by atoms with Crippen LogP contribution < -0.4 is 11.1 Å². The average molecular weight is 239 g/mol. The van der Waals surface area contributed by atoms with Crippen molar-refractivity contribution in [3.05, 3.63) is 0 Å². The Kier molecular flexibility index (Phi) is 3.99. The first-order valence-corrected chi connectivity index (χ1v) is 6.48. The topological polar surface area (TPSA) is 75.4 Å². The average Bonchev–Trinajstić information content (AvgIpc) is 2.81. The van der Waals surface area contributed by atoms with Gasteiger partial charge in [0.15, 0.2) is 0 Å². The van der Waals surface area contributed by atoms with Gasteiger partial charge in [-0.3, -0.25) is 9.59 Å². The van der Waals surface area contributed by atoms with E-state index in [1.807, 2.05) is 4.90 Å². The predicted octanol–water partition coefficient (Wildman–Crippen LogP) is -0.148. The van der Waals surface area contributed by atoms with E-state index < -0.39 is 0 Å². The van der Waals surface area contributed by atoms with Crippen molar-refractivity contribution in [3.63, 3.8) is 0 Å². The van der Waals surface area contributed by atoms with Crippen LogP contribution in [-0.4, -0.2) is 42.4 Å². The van der Waals surface area contributed by atoms with Gasteiger partial charge < -0.3 is 16.0 Å². The monoisotopic (exact) mass is 239 g/mol. The van der Waals surface area contributed by atoms with Crippen molar-refractivity contribution in [1.82, 2.24) is 10.2 Å². The van der Waals surface area contributed by atoms with Crippen LogP contribution in [0.25, 0.3) is 0 Å². The first-order chi connectivity index (χ1) is 8.18. The number of nitrogens with one attached hydrogen (secondary N) is 1. The van der Waals surface area contributed by atoms with Crippen LogP contribution in [0, 0.1) is 5.92 Å². The molecule has 2 amide bonds. The molecule has 5 nitrogen and oxygen atoms in total. The first kappa shape index (κ1) is 12.4. The Labute approximate surface area is 102 Å². The molecule has 3 N–H and O–H groups in total. The van der Waals surface area contributed by atoms with Crippen molar-refractivity contribution in [2.75, 3.05) is 19.6 Å². The minimum absolute atomic E-state index is 0.0364. The standard InChI is InChI=1S/C12H21N3O2/c13-11(16)7-10-3-1-2-6-15(10)12(17)9-4-5-14-8-9/h9-10,14H,1-8H2,(H2,13,16)/t9-,10-/m0/s1. The molecule has 0 aromatic rings. The van der Waals surface area contributed by atoms with Gasteiger partial charge >= 0.3 is 0 Å². The maximum atomic E-state index is 12.3. The van der Waals surface area contributed by atoms with Crippen LogP contribution in [0.1, 0.15) is 32.1 Å². The fourth-order valence-electron chi connectivity index (χ4n) is 2.84. The molecule has 2 fully saturated rings. The molecule has 0 saturated carbocycles. The Morgan fingerprint density at radius 3 is 2.76 bits per heavy atom. The number of rotatable bonds is 3. The van der Waals surface area contributed by atoms with Gasteiger partial charge in [-0.2, -0.15) is 0 Å². The van der Waals surface area contributed by atoms with Crippen LogP contribution in [0.15, 0.2) is 0 Å². The van der Waals surface area contributed by atoms with Gasteiger partial charge in [0.2, 0.25) is 11.8 Å². The van der Waals surface area contributed by atoms with Gasteiger partial charge in [0.1, 0.15) is 0 Å². The molecule has 2 atom stereocenters. The number of carbonyl (C=O) groups is 2. The second kappa shape index (κ2) is 5.49. The highest BCUT2D eigenvalue weighted by Crippen LogP contribution is 2.23. The van der Waals surface area contributed by atoms with Gasteiger partial charge in [-0.05, 0) is 32.2 Å². The molecule has 0 aliphatic carbocycles. The summed E-state index contributed by atoms with van der Waals surface area (Å²) >= 11 is 0. The number of nitrogens with zero attached hydrogens (tertiary/aromatic N) is 1. The van der Waals surface area contributed by atoms with Crippen LogP contribution in [0.5, 0.6) is 0 Å². The number of nitrogens with two attached hydrogens (primary N) is 1. The number of carbonyl (C=O) groups excluding carboxylic acids is 2. The Morgan fingerprint density at radius 1 is 1.29 bits per heavy atom. The maximum Gasteiger partial charge on any atom is 0.227 e. The molecular formula is C12H21N3O2. The summed E-state index contributed by atoms with van der Waals surface area (Å²) in [4.78, 5) is 25.2. The molecule has 2 rings (SSSR count). The van der Waals surface area contributed by atoms with Gasteiger partial charge in [-0.25, -0.2) is 0 Å². The highest BCUT2D eigenvalue weighted by Gasteiger charge is 2.33. The van der Waals surface area contributed by atoms with Crippen molar-refractivity contribution in [2.45, 2.75) is 38.1 Å². The number of hydrogen-bond acceptors (Lipinski definition) is 3. The van der Waals surface area contributed by atoms with Crippen LogP contribution in [0.4, 0.5) is 0 Å². The lowest BCUT2D eigenvalue weighted by Gasteiger charge is -2.36. The number of piperidine rings is 1. The largest absolute Gasteiger partial charge is 0.370 e. The zero-order valence-corrected chi connectivity index (χ0v) is 10.2. The highest BCUT2D eigenvalue weighted by atomic mass is 16.2. The molecule has 2 aliphatic rings. The lowest BCUT2D eigenvalue weighted by molar-refractivity contribution is -0.139. The Morgan fingerprint density at radius 2 is 2.12 bits per heavy atom. The molecular weight excluding hydrogens is 218 g/mol. The summed E-state index contributed by atoms with van der Waals surface area (Å²) in [5.74, 6) is 0.00340. The van der Waals surface area contributed by atoms with E-state index in [2.05, 4.69) is 5.32 Å². The predicted molar refractivity (Wildman–Crippen MR) is 64.1 cm³/mol.